The summed E-state index contributed by atoms with van der Waals surface area (Å²) in [6.45, 7) is 2.03. The number of benzene rings is 1. The van der Waals surface area contributed by atoms with E-state index in [1.54, 1.807) is 6.07 Å². The number of aromatic nitrogens is 1. The summed E-state index contributed by atoms with van der Waals surface area (Å²) in [5.41, 5.74) is 4.29. The normalized spacial score (nSPS) is 12.4. The Labute approximate surface area is 102 Å². The van der Waals surface area contributed by atoms with E-state index in [1.165, 1.54) is 12.1 Å². The predicted molar refractivity (Wildman–Crippen MR) is 66.3 cm³/mol. The first-order valence-corrected chi connectivity index (χ1v) is 5.80. The van der Waals surface area contributed by atoms with Gasteiger partial charge in [-0.2, -0.15) is 0 Å². The van der Waals surface area contributed by atoms with Crippen LogP contribution in [0.5, 0.6) is 0 Å². The van der Waals surface area contributed by atoms with Crippen LogP contribution in [-0.2, 0) is 0 Å². The molecule has 0 aliphatic carbocycles. The highest BCUT2D eigenvalue weighted by molar-refractivity contribution is 9.10. The lowest BCUT2D eigenvalue weighted by Gasteiger charge is -2.17. The van der Waals surface area contributed by atoms with E-state index in [2.05, 4.69) is 21.4 Å². The first-order valence-electron chi connectivity index (χ1n) is 5.01. The van der Waals surface area contributed by atoms with Crippen LogP contribution in [0.25, 0.3) is 0 Å². The maximum atomic E-state index is 12.9. The molecule has 0 aliphatic heterocycles. The van der Waals surface area contributed by atoms with Gasteiger partial charge in [-0.25, -0.2) is 4.39 Å². The molecule has 84 valence electrons. The maximum Gasteiger partial charge on any atom is 0.124 e. The molecular formula is C12H12BrFN2. The van der Waals surface area contributed by atoms with Crippen molar-refractivity contribution in [3.05, 3.63) is 58.6 Å². The van der Waals surface area contributed by atoms with E-state index in [4.69, 9.17) is 0 Å². The van der Waals surface area contributed by atoms with Crippen molar-refractivity contribution in [2.24, 2.45) is 0 Å². The van der Waals surface area contributed by atoms with Gasteiger partial charge >= 0.3 is 0 Å². The largest absolute Gasteiger partial charge is 0.319 e. The van der Waals surface area contributed by atoms with Crippen molar-refractivity contribution in [2.75, 3.05) is 5.43 Å². The lowest BCUT2D eigenvalue weighted by molar-refractivity contribution is 0.624. The highest BCUT2D eigenvalue weighted by Gasteiger charge is 2.09. The average molecular weight is 283 g/mol. The number of nitrogens with one attached hydrogen (secondary N) is 1. The van der Waals surface area contributed by atoms with Crippen LogP contribution >= 0.6 is 15.9 Å². The Hall–Kier alpha value is -1.29. The highest BCUT2D eigenvalue weighted by atomic mass is 79.9. The van der Waals surface area contributed by atoms with Crippen LogP contribution in [0, 0.1) is 5.82 Å². The van der Waals surface area contributed by atoms with Gasteiger partial charge in [0.15, 0.2) is 0 Å². The third-order valence-corrected chi connectivity index (χ3v) is 3.06. The molecule has 0 bridgehead atoms. The summed E-state index contributed by atoms with van der Waals surface area (Å²) in [5.74, 6) is -0.233. The minimum atomic E-state index is -0.233. The quantitative estimate of drug-likeness (QED) is 0.909. The molecule has 1 N–H and O–H groups in total. The fourth-order valence-electron chi connectivity index (χ4n) is 1.57. The molecule has 0 saturated carbocycles. The molecule has 0 amide bonds. The first-order chi connectivity index (χ1) is 7.66. The molecule has 0 aliphatic rings. The van der Waals surface area contributed by atoms with Crippen molar-refractivity contribution in [1.29, 1.82) is 0 Å². The van der Waals surface area contributed by atoms with Gasteiger partial charge < -0.3 is 5.43 Å². The van der Waals surface area contributed by atoms with Gasteiger partial charge in [0.25, 0.3) is 0 Å². The molecule has 1 unspecified atom stereocenters. The summed E-state index contributed by atoms with van der Waals surface area (Å²) in [5, 5.41) is 0. The van der Waals surface area contributed by atoms with Gasteiger partial charge in [0.2, 0.25) is 0 Å². The van der Waals surface area contributed by atoms with E-state index in [0.29, 0.717) is 0 Å². The molecule has 1 atom stereocenters. The van der Waals surface area contributed by atoms with Gasteiger partial charge in [-0.05, 0) is 36.8 Å². The predicted octanol–water partition coefficient (Wildman–Crippen LogP) is 3.69. The van der Waals surface area contributed by atoms with Crippen LogP contribution in [0.3, 0.4) is 0 Å². The van der Waals surface area contributed by atoms with Crippen molar-refractivity contribution in [3.63, 3.8) is 0 Å². The van der Waals surface area contributed by atoms with E-state index < -0.39 is 0 Å². The minimum absolute atomic E-state index is 0.0994. The second kappa shape index (κ2) is 4.70. The van der Waals surface area contributed by atoms with E-state index in [-0.39, 0.29) is 11.9 Å². The van der Waals surface area contributed by atoms with E-state index in [1.807, 2.05) is 36.1 Å². The summed E-state index contributed by atoms with van der Waals surface area (Å²) in [6, 6.07) is 8.71. The zero-order chi connectivity index (χ0) is 11.5. The third kappa shape index (κ3) is 2.44. The van der Waals surface area contributed by atoms with Gasteiger partial charge in [-0.15, -0.1) is 0 Å². The molecule has 1 aromatic heterocycles. The average Bonchev–Trinajstić information content (AvgIpc) is 2.70. The van der Waals surface area contributed by atoms with Crippen molar-refractivity contribution in [1.82, 2.24) is 4.68 Å². The number of nitrogens with zero attached hydrogens (tertiary/aromatic N) is 1. The molecule has 0 saturated heterocycles. The molecule has 0 radical (unpaired) electrons. The van der Waals surface area contributed by atoms with Gasteiger partial charge in [-0.3, -0.25) is 4.68 Å². The summed E-state index contributed by atoms with van der Waals surface area (Å²) in [6.07, 6.45) is 3.85. The molecule has 2 rings (SSSR count). The molecule has 2 nitrogen and oxygen atoms in total. The van der Waals surface area contributed by atoms with Gasteiger partial charge in [0.05, 0.1) is 6.04 Å². The standard InChI is InChI=1S/C12H12BrFN2/c1-9(15-16-6-2-3-7-16)11-5-4-10(14)8-12(11)13/h2-9,15H,1H3. The lowest BCUT2D eigenvalue weighted by Crippen LogP contribution is -2.17. The second-order valence-corrected chi connectivity index (χ2v) is 4.46. The highest BCUT2D eigenvalue weighted by Crippen LogP contribution is 2.24. The number of hydrogen-bond donors (Lipinski definition) is 1. The van der Waals surface area contributed by atoms with E-state index in [9.17, 15) is 4.39 Å². The SMILES string of the molecule is CC(Nn1cccc1)c1ccc(F)cc1Br. The molecule has 0 spiro atoms. The molecule has 1 aromatic carbocycles. The Morgan fingerprint density at radius 1 is 1.31 bits per heavy atom. The van der Waals surface area contributed by atoms with Crippen LogP contribution in [-0.4, -0.2) is 4.68 Å². The minimum Gasteiger partial charge on any atom is -0.319 e. The molecule has 16 heavy (non-hydrogen) atoms. The summed E-state index contributed by atoms with van der Waals surface area (Å²) in [7, 11) is 0. The van der Waals surface area contributed by atoms with Crippen molar-refractivity contribution >= 4 is 15.9 Å². The topological polar surface area (TPSA) is 17.0 Å². The summed E-state index contributed by atoms with van der Waals surface area (Å²) < 4.78 is 15.6. The third-order valence-electron chi connectivity index (χ3n) is 2.38. The summed E-state index contributed by atoms with van der Waals surface area (Å²) in [4.78, 5) is 0. The van der Waals surface area contributed by atoms with E-state index in [0.717, 1.165) is 10.0 Å². The number of halogens is 2. The fraction of sp³-hybridized carbons (Fsp3) is 0.167. The van der Waals surface area contributed by atoms with Gasteiger partial charge in [-0.1, -0.05) is 22.0 Å². The van der Waals surface area contributed by atoms with Crippen LogP contribution in [0.1, 0.15) is 18.5 Å². The lowest BCUT2D eigenvalue weighted by atomic mass is 10.1. The Balaban J connectivity index is 2.17. The zero-order valence-electron chi connectivity index (χ0n) is 8.82. The van der Waals surface area contributed by atoms with Crippen molar-refractivity contribution in [2.45, 2.75) is 13.0 Å². The molecular weight excluding hydrogens is 271 g/mol. The summed E-state index contributed by atoms with van der Waals surface area (Å²) >= 11 is 3.36. The second-order valence-electron chi connectivity index (χ2n) is 3.61. The van der Waals surface area contributed by atoms with Crippen molar-refractivity contribution < 1.29 is 4.39 Å². The molecule has 4 heteroatoms. The fourth-order valence-corrected chi connectivity index (χ4v) is 2.26. The monoisotopic (exact) mass is 282 g/mol. The van der Waals surface area contributed by atoms with Crippen LogP contribution in [0.4, 0.5) is 4.39 Å². The van der Waals surface area contributed by atoms with Gasteiger partial charge in [0, 0.05) is 16.9 Å². The molecule has 1 heterocycles. The molecule has 2 aromatic rings. The first kappa shape index (κ1) is 11.2. The van der Waals surface area contributed by atoms with Crippen molar-refractivity contribution in [3.8, 4) is 0 Å². The molecule has 0 fully saturated rings. The van der Waals surface area contributed by atoms with Crippen LogP contribution in [0.2, 0.25) is 0 Å². The van der Waals surface area contributed by atoms with E-state index >= 15 is 0 Å². The number of hydrogen-bond acceptors (Lipinski definition) is 1. The number of rotatable bonds is 3. The smallest absolute Gasteiger partial charge is 0.124 e. The van der Waals surface area contributed by atoms with Gasteiger partial charge in [0.1, 0.15) is 5.82 Å². The van der Waals surface area contributed by atoms with Crippen LogP contribution in [0.15, 0.2) is 47.2 Å². The Morgan fingerprint density at radius 3 is 2.62 bits per heavy atom. The maximum absolute atomic E-state index is 12.9. The van der Waals surface area contributed by atoms with Crippen LogP contribution < -0.4 is 5.43 Å². The zero-order valence-corrected chi connectivity index (χ0v) is 10.4. The Kier molecular flexibility index (Phi) is 3.29. The Bertz CT molecular complexity index is 468. The Morgan fingerprint density at radius 2 is 2.00 bits per heavy atom.